The maximum Gasteiger partial charge on any atom is 0.274 e. The smallest absolute Gasteiger partial charge is 0.274 e. The molecule has 0 aromatic carbocycles. The first-order chi connectivity index (χ1) is 10.0. The van der Waals surface area contributed by atoms with Crippen LogP contribution in [-0.2, 0) is 23.1 Å². The third kappa shape index (κ3) is 4.35. The summed E-state index contributed by atoms with van der Waals surface area (Å²) in [7, 11) is -3.69. The van der Waals surface area contributed by atoms with Crippen LogP contribution in [0.4, 0.5) is 0 Å². The highest BCUT2D eigenvalue weighted by Gasteiger charge is 2.18. The molecule has 0 saturated carbocycles. The van der Waals surface area contributed by atoms with Gasteiger partial charge >= 0.3 is 0 Å². The SMILES string of the molecule is CCNCc1ccc(S(=O)(=O)NCc2cnc(C)cn2)o1. The van der Waals surface area contributed by atoms with Crippen LogP contribution in [0, 0.1) is 6.92 Å². The highest BCUT2D eigenvalue weighted by Crippen LogP contribution is 2.14. The molecule has 2 N–H and O–H groups in total. The van der Waals surface area contributed by atoms with Crippen LogP contribution in [-0.4, -0.2) is 24.9 Å². The van der Waals surface area contributed by atoms with E-state index in [2.05, 4.69) is 20.0 Å². The van der Waals surface area contributed by atoms with Gasteiger partial charge in [-0.05, 0) is 25.6 Å². The fourth-order valence-electron chi connectivity index (χ4n) is 1.60. The van der Waals surface area contributed by atoms with Gasteiger partial charge in [-0.1, -0.05) is 6.92 Å². The number of aryl methyl sites for hydroxylation is 1. The maximum atomic E-state index is 12.1. The number of nitrogens with zero attached hydrogens (tertiary/aromatic N) is 2. The van der Waals surface area contributed by atoms with E-state index >= 15 is 0 Å². The first-order valence-electron chi connectivity index (χ1n) is 6.58. The number of rotatable bonds is 7. The Hall–Kier alpha value is -1.77. The van der Waals surface area contributed by atoms with E-state index in [9.17, 15) is 8.42 Å². The molecule has 0 atom stereocenters. The Kier molecular flexibility index (Phi) is 5.05. The molecule has 8 heteroatoms. The Bertz CT molecular complexity index is 680. The molecule has 0 radical (unpaired) electrons. The summed E-state index contributed by atoms with van der Waals surface area (Å²) in [6, 6.07) is 3.08. The third-order valence-corrected chi connectivity index (χ3v) is 4.00. The van der Waals surface area contributed by atoms with Gasteiger partial charge in [0.25, 0.3) is 10.0 Å². The molecule has 21 heavy (non-hydrogen) atoms. The van der Waals surface area contributed by atoms with Crippen molar-refractivity contribution in [3.63, 3.8) is 0 Å². The van der Waals surface area contributed by atoms with E-state index in [1.54, 1.807) is 12.3 Å². The molecule has 0 spiro atoms. The summed E-state index contributed by atoms with van der Waals surface area (Å²) in [5.41, 5.74) is 1.32. The van der Waals surface area contributed by atoms with Crippen LogP contribution in [0.1, 0.15) is 24.1 Å². The number of hydrogen-bond acceptors (Lipinski definition) is 6. The van der Waals surface area contributed by atoms with Gasteiger partial charge in [0, 0.05) is 6.20 Å². The molecule has 2 heterocycles. The Morgan fingerprint density at radius 1 is 1.19 bits per heavy atom. The molecule has 7 nitrogen and oxygen atoms in total. The maximum absolute atomic E-state index is 12.1. The number of furan rings is 1. The molecule has 0 fully saturated rings. The zero-order valence-electron chi connectivity index (χ0n) is 12.0. The molecule has 2 aromatic rings. The van der Waals surface area contributed by atoms with Crippen molar-refractivity contribution >= 4 is 10.0 Å². The van der Waals surface area contributed by atoms with E-state index < -0.39 is 10.0 Å². The molecule has 0 amide bonds. The quantitative estimate of drug-likeness (QED) is 0.791. The fourth-order valence-corrected chi connectivity index (χ4v) is 2.54. The van der Waals surface area contributed by atoms with Crippen molar-refractivity contribution in [1.29, 1.82) is 0 Å². The summed E-state index contributed by atoms with van der Waals surface area (Å²) in [4.78, 5) is 8.15. The average Bonchev–Trinajstić information content (AvgIpc) is 2.94. The molecular formula is C13H18N4O3S. The summed E-state index contributed by atoms with van der Waals surface area (Å²) < 4.78 is 31.9. The minimum Gasteiger partial charge on any atom is -0.447 e. The largest absolute Gasteiger partial charge is 0.447 e. The van der Waals surface area contributed by atoms with Gasteiger partial charge in [0.05, 0.1) is 30.7 Å². The van der Waals surface area contributed by atoms with Crippen LogP contribution < -0.4 is 10.0 Å². The predicted molar refractivity (Wildman–Crippen MR) is 76.9 cm³/mol. The first-order valence-corrected chi connectivity index (χ1v) is 8.06. The van der Waals surface area contributed by atoms with Crippen LogP contribution in [0.2, 0.25) is 0 Å². The lowest BCUT2D eigenvalue weighted by atomic mass is 10.4. The van der Waals surface area contributed by atoms with Gasteiger partial charge in [0.15, 0.2) is 0 Å². The fraction of sp³-hybridized carbons (Fsp3) is 0.385. The Balaban J connectivity index is 2.00. The van der Waals surface area contributed by atoms with E-state index in [4.69, 9.17) is 4.42 Å². The van der Waals surface area contributed by atoms with Crippen molar-refractivity contribution in [1.82, 2.24) is 20.0 Å². The number of nitrogens with one attached hydrogen (secondary N) is 2. The van der Waals surface area contributed by atoms with E-state index in [0.29, 0.717) is 18.0 Å². The van der Waals surface area contributed by atoms with Crippen molar-refractivity contribution in [3.8, 4) is 0 Å². The Morgan fingerprint density at radius 2 is 2.00 bits per heavy atom. The van der Waals surface area contributed by atoms with Gasteiger partial charge in [-0.15, -0.1) is 0 Å². The van der Waals surface area contributed by atoms with E-state index in [1.165, 1.54) is 12.3 Å². The standard InChI is InChI=1S/C13H18N4O3S/c1-3-14-9-12-4-5-13(20-12)21(18,19)17-8-11-7-15-10(2)6-16-11/h4-7,14,17H,3,8-9H2,1-2H3. The van der Waals surface area contributed by atoms with Crippen LogP contribution in [0.5, 0.6) is 0 Å². The van der Waals surface area contributed by atoms with Gasteiger partial charge in [0.1, 0.15) is 5.76 Å². The number of sulfonamides is 1. The highest BCUT2D eigenvalue weighted by molar-refractivity contribution is 7.89. The van der Waals surface area contributed by atoms with Crippen molar-refractivity contribution in [3.05, 3.63) is 41.7 Å². The summed E-state index contributed by atoms with van der Waals surface area (Å²) in [5.74, 6) is 0.576. The second-order valence-corrected chi connectivity index (χ2v) is 6.17. The zero-order valence-corrected chi connectivity index (χ0v) is 12.8. The lowest BCUT2D eigenvalue weighted by molar-refractivity contribution is 0.401. The van der Waals surface area contributed by atoms with E-state index in [1.807, 2.05) is 13.8 Å². The third-order valence-electron chi connectivity index (χ3n) is 2.73. The van der Waals surface area contributed by atoms with Crippen molar-refractivity contribution < 1.29 is 12.8 Å². The minimum atomic E-state index is -3.69. The second kappa shape index (κ2) is 6.79. The van der Waals surface area contributed by atoms with Gasteiger partial charge < -0.3 is 9.73 Å². The molecule has 2 rings (SSSR count). The molecule has 114 valence electrons. The summed E-state index contributed by atoms with van der Waals surface area (Å²) in [6.07, 6.45) is 3.13. The number of aromatic nitrogens is 2. The average molecular weight is 310 g/mol. The van der Waals surface area contributed by atoms with Crippen LogP contribution in [0.15, 0.2) is 34.0 Å². The second-order valence-electron chi connectivity index (χ2n) is 4.47. The predicted octanol–water partition coefficient (Wildman–Crippen LogP) is 0.966. The lowest BCUT2D eigenvalue weighted by Gasteiger charge is -2.04. The summed E-state index contributed by atoms with van der Waals surface area (Å²) in [5, 5.41) is 2.96. The normalized spacial score (nSPS) is 11.7. The van der Waals surface area contributed by atoms with Crippen molar-refractivity contribution in [2.24, 2.45) is 0 Å². The van der Waals surface area contributed by atoms with Crippen molar-refractivity contribution in [2.75, 3.05) is 6.54 Å². The van der Waals surface area contributed by atoms with Crippen LogP contribution in [0.3, 0.4) is 0 Å². The van der Waals surface area contributed by atoms with Crippen molar-refractivity contribution in [2.45, 2.75) is 32.0 Å². The van der Waals surface area contributed by atoms with Gasteiger partial charge in [0.2, 0.25) is 5.09 Å². The molecule has 0 bridgehead atoms. The first kappa shape index (κ1) is 15.6. The molecule has 0 aliphatic heterocycles. The van der Waals surface area contributed by atoms with Gasteiger partial charge in [-0.2, -0.15) is 0 Å². The van der Waals surface area contributed by atoms with Gasteiger partial charge in [-0.3, -0.25) is 9.97 Å². The topological polar surface area (TPSA) is 97.1 Å². The molecule has 0 aliphatic rings. The van der Waals surface area contributed by atoms with E-state index in [0.717, 1.165) is 12.2 Å². The summed E-state index contributed by atoms with van der Waals surface area (Å²) in [6.45, 7) is 5.13. The molecular weight excluding hydrogens is 292 g/mol. The van der Waals surface area contributed by atoms with E-state index in [-0.39, 0.29) is 11.6 Å². The summed E-state index contributed by atoms with van der Waals surface area (Å²) >= 11 is 0. The molecule has 0 saturated heterocycles. The van der Waals surface area contributed by atoms with Crippen LogP contribution >= 0.6 is 0 Å². The molecule has 0 unspecified atom stereocenters. The minimum absolute atomic E-state index is 0.0683. The highest BCUT2D eigenvalue weighted by atomic mass is 32.2. The molecule has 2 aromatic heterocycles. The monoisotopic (exact) mass is 310 g/mol. The Morgan fingerprint density at radius 3 is 2.67 bits per heavy atom. The van der Waals surface area contributed by atoms with Gasteiger partial charge in [-0.25, -0.2) is 13.1 Å². The van der Waals surface area contributed by atoms with Crippen LogP contribution in [0.25, 0.3) is 0 Å². The Labute approximate surface area is 123 Å². The lowest BCUT2D eigenvalue weighted by Crippen LogP contribution is -2.23. The molecule has 0 aliphatic carbocycles. The zero-order chi connectivity index (χ0) is 15.3. The number of hydrogen-bond donors (Lipinski definition) is 2.